The Morgan fingerprint density at radius 1 is 1.44 bits per heavy atom. The van der Waals surface area contributed by atoms with Gasteiger partial charge in [-0.15, -0.1) is 0 Å². The first-order chi connectivity index (χ1) is 8.52. The normalized spacial score (nSPS) is 11.1. The van der Waals surface area contributed by atoms with Gasteiger partial charge in [-0.2, -0.15) is 0 Å². The van der Waals surface area contributed by atoms with E-state index >= 15 is 0 Å². The fourth-order valence-electron chi connectivity index (χ4n) is 1.37. The average Bonchev–Trinajstić information content (AvgIpc) is 2.28. The lowest BCUT2D eigenvalue weighted by Crippen LogP contribution is -2.11. The van der Waals surface area contributed by atoms with Crippen LogP contribution in [0.5, 0.6) is 0 Å². The first kappa shape index (κ1) is 13.9. The molecular weight excluding hydrogens is 239 g/mol. The number of carboxylic acid groups (broad SMARTS) is 1. The SMILES string of the molecule is CCOC(=O)/C(=C/c1cccc(F)c1)CC(=O)O. The summed E-state index contributed by atoms with van der Waals surface area (Å²) in [4.78, 5) is 22.2. The van der Waals surface area contributed by atoms with Gasteiger partial charge in [0.05, 0.1) is 13.0 Å². The highest BCUT2D eigenvalue weighted by Crippen LogP contribution is 2.13. The first-order valence-electron chi connectivity index (χ1n) is 5.38. The van der Waals surface area contributed by atoms with E-state index in [9.17, 15) is 14.0 Å². The van der Waals surface area contributed by atoms with E-state index in [0.717, 1.165) is 0 Å². The van der Waals surface area contributed by atoms with Crippen LogP contribution in [0.4, 0.5) is 4.39 Å². The number of hydrogen-bond acceptors (Lipinski definition) is 3. The summed E-state index contributed by atoms with van der Waals surface area (Å²) in [7, 11) is 0. The van der Waals surface area contributed by atoms with E-state index < -0.39 is 24.2 Å². The summed E-state index contributed by atoms with van der Waals surface area (Å²) < 4.78 is 17.7. The predicted octanol–water partition coefficient (Wildman–Crippen LogP) is 2.25. The molecule has 0 bridgehead atoms. The highest BCUT2D eigenvalue weighted by molar-refractivity contribution is 5.97. The number of hydrogen-bond donors (Lipinski definition) is 1. The minimum Gasteiger partial charge on any atom is -0.481 e. The molecule has 1 rings (SSSR count). The molecule has 1 aromatic carbocycles. The van der Waals surface area contributed by atoms with Gasteiger partial charge in [0.2, 0.25) is 0 Å². The lowest BCUT2D eigenvalue weighted by Gasteiger charge is -2.04. The van der Waals surface area contributed by atoms with Crippen molar-refractivity contribution in [3.63, 3.8) is 0 Å². The molecule has 4 nitrogen and oxygen atoms in total. The molecule has 0 aliphatic heterocycles. The van der Waals surface area contributed by atoms with E-state index in [1.54, 1.807) is 13.0 Å². The molecule has 0 radical (unpaired) electrons. The molecule has 0 atom stereocenters. The zero-order chi connectivity index (χ0) is 13.5. The largest absolute Gasteiger partial charge is 0.481 e. The van der Waals surface area contributed by atoms with Gasteiger partial charge in [-0.05, 0) is 30.7 Å². The highest BCUT2D eigenvalue weighted by atomic mass is 19.1. The minimum atomic E-state index is -1.15. The molecule has 1 aromatic rings. The van der Waals surface area contributed by atoms with E-state index in [1.807, 2.05) is 0 Å². The van der Waals surface area contributed by atoms with Crippen molar-refractivity contribution in [1.82, 2.24) is 0 Å². The first-order valence-corrected chi connectivity index (χ1v) is 5.38. The topological polar surface area (TPSA) is 63.6 Å². The van der Waals surface area contributed by atoms with Crippen LogP contribution in [0, 0.1) is 5.82 Å². The maximum atomic E-state index is 13.0. The molecule has 0 aliphatic rings. The lowest BCUT2D eigenvalue weighted by molar-refractivity contribution is -0.142. The number of carbonyl (C=O) groups excluding carboxylic acids is 1. The second-order valence-electron chi connectivity index (χ2n) is 3.52. The average molecular weight is 252 g/mol. The molecule has 0 spiro atoms. The third kappa shape index (κ3) is 4.37. The molecule has 96 valence electrons. The smallest absolute Gasteiger partial charge is 0.334 e. The number of carbonyl (C=O) groups is 2. The summed E-state index contributed by atoms with van der Waals surface area (Å²) in [5, 5.41) is 8.71. The van der Waals surface area contributed by atoms with E-state index in [-0.39, 0.29) is 12.2 Å². The van der Waals surface area contributed by atoms with Crippen LogP contribution in [-0.2, 0) is 14.3 Å². The minimum absolute atomic E-state index is 0.0186. The monoisotopic (exact) mass is 252 g/mol. The van der Waals surface area contributed by atoms with Crippen LogP contribution in [0.1, 0.15) is 18.9 Å². The van der Waals surface area contributed by atoms with Crippen molar-refractivity contribution >= 4 is 18.0 Å². The van der Waals surface area contributed by atoms with E-state index in [0.29, 0.717) is 5.56 Å². The number of ether oxygens (including phenoxy) is 1. The van der Waals surface area contributed by atoms with Crippen LogP contribution < -0.4 is 0 Å². The van der Waals surface area contributed by atoms with Gasteiger partial charge in [0.25, 0.3) is 0 Å². The summed E-state index contributed by atoms with van der Waals surface area (Å²) in [6, 6.07) is 5.52. The molecule has 0 fully saturated rings. The summed E-state index contributed by atoms with van der Waals surface area (Å²) in [5.41, 5.74) is 0.397. The van der Waals surface area contributed by atoms with Crippen LogP contribution in [0.15, 0.2) is 29.8 Å². The molecule has 0 saturated carbocycles. The van der Waals surface area contributed by atoms with Gasteiger partial charge in [0.1, 0.15) is 5.82 Å². The van der Waals surface area contributed by atoms with Crippen LogP contribution in [-0.4, -0.2) is 23.7 Å². The van der Waals surface area contributed by atoms with Crippen molar-refractivity contribution < 1.29 is 23.8 Å². The van der Waals surface area contributed by atoms with Crippen molar-refractivity contribution in [1.29, 1.82) is 0 Å². The Labute approximate surface area is 104 Å². The second-order valence-corrected chi connectivity index (χ2v) is 3.52. The lowest BCUT2D eigenvalue weighted by atomic mass is 10.1. The third-order valence-corrected chi connectivity index (χ3v) is 2.07. The summed E-state index contributed by atoms with van der Waals surface area (Å²) in [5.74, 6) is -2.31. The van der Waals surface area contributed by atoms with E-state index in [1.165, 1.54) is 24.3 Å². The van der Waals surface area contributed by atoms with Crippen LogP contribution in [0.2, 0.25) is 0 Å². The maximum absolute atomic E-state index is 13.0. The third-order valence-electron chi connectivity index (χ3n) is 2.07. The number of carboxylic acids is 1. The van der Waals surface area contributed by atoms with Crippen molar-refractivity contribution in [3.05, 3.63) is 41.2 Å². The summed E-state index contributed by atoms with van der Waals surface area (Å²) in [6.07, 6.45) is 0.852. The highest BCUT2D eigenvalue weighted by Gasteiger charge is 2.14. The quantitative estimate of drug-likeness (QED) is 0.644. The molecule has 1 N–H and O–H groups in total. The van der Waals surface area contributed by atoms with Gasteiger partial charge < -0.3 is 9.84 Å². The van der Waals surface area contributed by atoms with Crippen LogP contribution in [0.25, 0.3) is 6.08 Å². The van der Waals surface area contributed by atoms with E-state index in [2.05, 4.69) is 0 Å². The number of esters is 1. The fourth-order valence-corrected chi connectivity index (χ4v) is 1.37. The maximum Gasteiger partial charge on any atom is 0.334 e. The molecule has 0 aromatic heterocycles. The van der Waals surface area contributed by atoms with Gasteiger partial charge in [0.15, 0.2) is 0 Å². The van der Waals surface area contributed by atoms with Crippen molar-refractivity contribution in [2.45, 2.75) is 13.3 Å². The Morgan fingerprint density at radius 3 is 2.72 bits per heavy atom. The summed E-state index contributed by atoms with van der Waals surface area (Å²) >= 11 is 0. The Morgan fingerprint density at radius 2 is 2.17 bits per heavy atom. The van der Waals surface area contributed by atoms with Crippen molar-refractivity contribution in [2.75, 3.05) is 6.61 Å². The standard InChI is InChI=1S/C13H13FO4/c1-2-18-13(17)10(8-12(15)16)6-9-4-3-5-11(14)7-9/h3-7H,2,8H2,1H3,(H,15,16)/b10-6+. The molecule has 18 heavy (non-hydrogen) atoms. The van der Waals surface area contributed by atoms with Gasteiger partial charge in [-0.3, -0.25) is 4.79 Å². The summed E-state index contributed by atoms with van der Waals surface area (Å²) in [6.45, 7) is 1.78. The molecule has 0 saturated heterocycles. The Bertz CT molecular complexity index is 480. The number of rotatable bonds is 5. The van der Waals surface area contributed by atoms with Crippen LogP contribution in [0.3, 0.4) is 0 Å². The van der Waals surface area contributed by atoms with Gasteiger partial charge in [0, 0.05) is 5.57 Å². The molecule has 0 amide bonds. The van der Waals surface area contributed by atoms with Crippen molar-refractivity contribution in [3.8, 4) is 0 Å². The fraction of sp³-hybridized carbons (Fsp3) is 0.231. The molecule has 0 aliphatic carbocycles. The van der Waals surface area contributed by atoms with Crippen molar-refractivity contribution in [2.24, 2.45) is 0 Å². The Kier molecular flexibility index (Phi) is 5.05. The number of aliphatic carboxylic acids is 1. The number of halogens is 1. The zero-order valence-electron chi connectivity index (χ0n) is 9.85. The Hall–Kier alpha value is -2.17. The molecular formula is C13H13FO4. The van der Waals surface area contributed by atoms with Gasteiger partial charge >= 0.3 is 11.9 Å². The second kappa shape index (κ2) is 6.54. The molecule has 0 heterocycles. The van der Waals surface area contributed by atoms with Gasteiger partial charge in [-0.25, -0.2) is 9.18 Å². The van der Waals surface area contributed by atoms with Crippen LogP contribution >= 0.6 is 0 Å². The molecule has 0 unspecified atom stereocenters. The number of benzene rings is 1. The predicted molar refractivity (Wildman–Crippen MR) is 63.3 cm³/mol. The Balaban J connectivity index is 3.01. The zero-order valence-corrected chi connectivity index (χ0v) is 9.85. The van der Waals surface area contributed by atoms with E-state index in [4.69, 9.17) is 9.84 Å². The molecule has 5 heteroatoms. The van der Waals surface area contributed by atoms with Gasteiger partial charge in [-0.1, -0.05) is 12.1 Å².